The summed E-state index contributed by atoms with van der Waals surface area (Å²) in [6.45, 7) is 2.55. The number of nitrogens with zero attached hydrogens (tertiary/aromatic N) is 4. The number of rotatable bonds is 8. The zero-order chi connectivity index (χ0) is 28.9. The molecule has 10 heteroatoms. The van der Waals surface area contributed by atoms with Crippen LogP contribution in [0.15, 0.2) is 60.8 Å². The standard InChI is InChI=1S/C31H36N4O6/c1-38-23-10-8-21(9-11-23)29-24(31(37)34-17-15-33(16-18-34)27-7-5-6-14-32-27)12-13-28(36)35(29)22-19-25(39-2)30(41-4)26(20-22)40-3/h5-11,14,19-20,24,29H,12-13,15-18H2,1-4H3/t24-,29-/m1/s1. The van der Waals surface area contributed by atoms with Crippen molar-refractivity contribution >= 4 is 23.3 Å². The molecule has 41 heavy (non-hydrogen) atoms. The van der Waals surface area contributed by atoms with Gasteiger partial charge in [0.25, 0.3) is 0 Å². The largest absolute Gasteiger partial charge is 0.497 e. The minimum Gasteiger partial charge on any atom is -0.497 e. The summed E-state index contributed by atoms with van der Waals surface area (Å²) in [5, 5.41) is 0. The number of piperidine rings is 1. The van der Waals surface area contributed by atoms with E-state index in [4.69, 9.17) is 18.9 Å². The number of aromatic nitrogens is 1. The van der Waals surface area contributed by atoms with Crippen molar-refractivity contribution in [1.82, 2.24) is 9.88 Å². The molecule has 3 aromatic rings. The average molecular weight is 561 g/mol. The Labute approximate surface area is 240 Å². The number of pyridine rings is 1. The minimum atomic E-state index is -0.536. The molecular formula is C31H36N4O6. The Kier molecular flexibility index (Phi) is 8.47. The lowest BCUT2D eigenvalue weighted by Crippen LogP contribution is -2.54. The topological polar surface area (TPSA) is 93.7 Å². The van der Waals surface area contributed by atoms with E-state index in [0.717, 1.165) is 11.4 Å². The fraction of sp³-hybridized carbons (Fsp3) is 0.387. The van der Waals surface area contributed by atoms with Gasteiger partial charge < -0.3 is 33.6 Å². The number of carbonyl (C=O) groups excluding carboxylic acids is 2. The van der Waals surface area contributed by atoms with Gasteiger partial charge in [0.05, 0.1) is 46.1 Å². The van der Waals surface area contributed by atoms with Crippen LogP contribution >= 0.6 is 0 Å². The molecule has 2 aliphatic rings. The van der Waals surface area contributed by atoms with Gasteiger partial charge in [-0.3, -0.25) is 9.59 Å². The van der Waals surface area contributed by atoms with E-state index < -0.39 is 12.0 Å². The molecule has 2 fully saturated rings. The van der Waals surface area contributed by atoms with Crippen LogP contribution in [0.1, 0.15) is 24.4 Å². The number of carbonyl (C=O) groups is 2. The van der Waals surface area contributed by atoms with Gasteiger partial charge in [-0.05, 0) is 36.2 Å². The van der Waals surface area contributed by atoms with Crippen molar-refractivity contribution in [3.63, 3.8) is 0 Å². The van der Waals surface area contributed by atoms with E-state index in [9.17, 15) is 9.59 Å². The Hall–Kier alpha value is -4.47. The van der Waals surface area contributed by atoms with Crippen LogP contribution in [0.3, 0.4) is 0 Å². The fourth-order valence-electron chi connectivity index (χ4n) is 5.78. The van der Waals surface area contributed by atoms with E-state index in [0.29, 0.717) is 61.3 Å². The summed E-state index contributed by atoms with van der Waals surface area (Å²) in [4.78, 5) is 38.1. The molecule has 0 bridgehead atoms. The lowest BCUT2D eigenvalue weighted by Gasteiger charge is -2.44. The second kappa shape index (κ2) is 12.4. The average Bonchev–Trinajstić information content (AvgIpc) is 3.04. The van der Waals surface area contributed by atoms with Gasteiger partial charge >= 0.3 is 0 Å². The number of anilines is 2. The number of hydrogen-bond donors (Lipinski definition) is 0. The van der Waals surface area contributed by atoms with Crippen molar-refractivity contribution in [1.29, 1.82) is 0 Å². The van der Waals surface area contributed by atoms with Gasteiger partial charge in [-0.1, -0.05) is 18.2 Å². The maximum Gasteiger partial charge on any atom is 0.228 e. The number of amides is 2. The maximum atomic E-state index is 14.2. The van der Waals surface area contributed by atoms with Crippen LogP contribution in [0.4, 0.5) is 11.5 Å². The molecule has 0 radical (unpaired) electrons. The molecule has 5 rings (SSSR count). The van der Waals surface area contributed by atoms with Crippen molar-refractivity contribution in [3.05, 3.63) is 66.4 Å². The molecule has 10 nitrogen and oxygen atoms in total. The van der Waals surface area contributed by atoms with Crippen molar-refractivity contribution in [3.8, 4) is 23.0 Å². The Bertz CT molecular complexity index is 1330. The first-order valence-electron chi connectivity index (χ1n) is 13.7. The van der Waals surface area contributed by atoms with Gasteiger partial charge in [-0.15, -0.1) is 0 Å². The second-order valence-corrected chi connectivity index (χ2v) is 10.0. The molecule has 2 amide bonds. The first kappa shape index (κ1) is 28.1. The van der Waals surface area contributed by atoms with Crippen molar-refractivity contribution in [2.75, 3.05) is 64.4 Å². The van der Waals surface area contributed by atoms with Gasteiger partial charge in [0.1, 0.15) is 11.6 Å². The molecule has 2 aromatic carbocycles. The zero-order valence-electron chi connectivity index (χ0n) is 23.9. The number of methoxy groups -OCH3 is 4. The highest BCUT2D eigenvalue weighted by Crippen LogP contribution is 2.46. The van der Waals surface area contributed by atoms with Gasteiger partial charge in [0.2, 0.25) is 17.6 Å². The van der Waals surface area contributed by atoms with E-state index in [-0.39, 0.29) is 18.2 Å². The zero-order valence-corrected chi connectivity index (χ0v) is 23.9. The van der Waals surface area contributed by atoms with Crippen molar-refractivity contribution in [2.24, 2.45) is 5.92 Å². The van der Waals surface area contributed by atoms with Gasteiger partial charge in [0, 0.05) is 50.9 Å². The van der Waals surface area contributed by atoms with E-state index in [2.05, 4.69) is 9.88 Å². The Morgan fingerprint density at radius 2 is 1.54 bits per heavy atom. The first-order valence-corrected chi connectivity index (χ1v) is 13.7. The SMILES string of the molecule is COc1ccc([C@@H]2[C@H](C(=O)N3CCN(c4ccccn4)CC3)CCC(=O)N2c2cc(OC)c(OC)c(OC)c2)cc1. The molecule has 2 atom stereocenters. The molecule has 2 aliphatic heterocycles. The number of piperazine rings is 1. The molecule has 0 aliphatic carbocycles. The molecule has 0 unspecified atom stereocenters. The number of hydrogen-bond acceptors (Lipinski definition) is 8. The Balaban J connectivity index is 1.50. The summed E-state index contributed by atoms with van der Waals surface area (Å²) < 4.78 is 22.1. The third-order valence-corrected chi connectivity index (χ3v) is 7.86. The second-order valence-electron chi connectivity index (χ2n) is 10.0. The van der Waals surface area contributed by atoms with Crippen LogP contribution in [0.2, 0.25) is 0 Å². The molecule has 0 spiro atoms. The van der Waals surface area contributed by atoms with Crippen LogP contribution in [0.5, 0.6) is 23.0 Å². The summed E-state index contributed by atoms with van der Waals surface area (Å²) in [6, 6.07) is 16.4. The van der Waals surface area contributed by atoms with E-state index >= 15 is 0 Å². The molecule has 3 heterocycles. The third-order valence-electron chi connectivity index (χ3n) is 7.86. The highest BCUT2D eigenvalue weighted by Gasteiger charge is 2.44. The number of ether oxygens (including phenoxy) is 4. The number of benzene rings is 2. The van der Waals surface area contributed by atoms with Gasteiger partial charge in [-0.2, -0.15) is 0 Å². The third kappa shape index (κ3) is 5.59. The van der Waals surface area contributed by atoms with Crippen LogP contribution < -0.4 is 28.7 Å². The normalized spacial score (nSPS) is 19.1. The highest BCUT2D eigenvalue weighted by molar-refractivity contribution is 5.98. The predicted molar refractivity (Wildman–Crippen MR) is 155 cm³/mol. The highest BCUT2D eigenvalue weighted by atomic mass is 16.5. The molecule has 1 aromatic heterocycles. The lowest BCUT2D eigenvalue weighted by molar-refractivity contribution is -0.138. The summed E-state index contributed by atoms with van der Waals surface area (Å²) in [6.07, 6.45) is 2.48. The molecular weight excluding hydrogens is 524 g/mol. The van der Waals surface area contributed by atoms with E-state index in [1.165, 1.54) is 21.3 Å². The monoisotopic (exact) mass is 560 g/mol. The van der Waals surface area contributed by atoms with Gasteiger partial charge in [0.15, 0.2) is 11.5 Å². The summed E-state index contributed by atoms with van der Waals surface area (Å²) in [5.41, 5.74) is 1.42. The van der Waals surface area contributed by atoms with Crippen molar-refractivity contribution < 1.29 is 28.5 Å². The quantitative estimate of drug-likeness (QED) is 0.409. The van der Waals surface area contributed by atoms with Gasteiger partial charge in [-0.25, -0.2) is 4.98 Å². The lowest BCUT2D eigenvalue weighted by atomic mass is 9.82. The summed E-state index contributed by atoms with van der Waals surface area (Å²) >= 11 is 0. The summed E-state index contributed by atoms with van der Waals surface area (Å²) in [5.74, 6) is 2.42. The maximum absolute atomic E-state index is 14.2. The Morgan fingerprint density at radius 3 is 2.10 bits per heavy atom. The summed E-state index contributed by atoms with van der Waals surface area (Å²) in [7, 11) is 6.22. The minimum absolute atomic E-state index is 0.0384. The van der Waals surface area contributed by atoms with E-state index in [1.54, 1.807) is 30.3 Å². The van der Waals surface area contributed by atoms with Crippen LogP contribution in [0, 0.1) is 5.92 Å². The predicted octanol–water partition coefficient (Wildman–Crippen LogP) is 3.95. The van der Waals surface area contributed by atoms with E-state index in [1.807, 2.05) is 47.4 Å². The molecule has 2 saturated heterocycles. The smallest absolute Gasteiger partial charge is 0.228 e. The van der Waals surface area contributed by atoms with Crippen LogP contribution in [0.25, 0.3) is 0 Å². The van der Waals surface area contributed by atoms with Crippen molar-refractivity contribution in [2.45, 2.75) is 18.9 Å². The first-order chi connectivity index (χ1) is 20.0. The Morgan fingerprint density at radius 1 is 0.854 bits per heavy atom. The molecule has 0 saturated carbocycles. The molecule has 0 N–H and O–H groups in total. The fourth-order valence-corrected chi connectivity index (χ4v) is 5.78. The van der Waals surface area contributed by atoms with Crippen LogP contribution in [-0.2, 0) is 9.59 Å². The molecule has 216 valence electrons. The van der Waals surface area contributed by atoms with Crippen LogP contribution in [-0.4, -0.2) is 76.3 Å².